The Morgan fingerprint density at radius 3 is 2.09 bits per heavy atom. The van der Waals surface area contributed by atoms with Gasteiger partial charge >= 0.3 is 0 Å². The monoisotopic (exact) mass is 182 g/mol. The molecule has 0 aromatic rings. The maximum Gasteiger partial charge on any atom is 0.251 e. The largest absolute Gasteiger partial charge is 0.323 e. The molecule has 2 nitrogen and oxygen atoms in total. The second-order valence-electron chi connectivity index (χ2n) is 1.61. The van der Waals surface area contributed by atoms with Crippen molar-refractivity contribution in [2.45, 2.75) is 6.92 Å². The predicted octanol–water partition coefficient (Wildman–Crippen LogP) is 3.18. The summed E-state index contributed by atoms with van der Waals surface area (Å²) in [6.45, 7) is 1.73. The molecule has 0 bridgehead atoms. The van der Waals surface area contributed by atoms with Gasteiger partial charge in [-0.3, -0.25) is 4.57 Å². The average molecular weight is 182 g/mol. The maximum atomic E-state index is 11.5. The highest BCUT2D eigenvalue weighted by Crippen LogP contribution is 2.50. The zero-order chi connectivity index (χ0) is 8.74. The van der Waals surface area contributed by atoms with Gasteiger partial charge in [0, 0.05) is 11.6 Å². The molecule has 0 spiro atoms. The summed E-state index contributed by atoms with van der Waals surface area (Å²) in [5.41, 5.74) is 0. The van der Waals surface area contributed by atoms with E-state index in [0.717, 1.165) is 0 Å². The Morgan fingerprint density at radius 1 is 1.36 bits per heavy atom. The molecule has 0 heterocycles. The molecule has 0 rings (SSSR count). The van der Waals surface area contributed by atoms with Crippen molar-refractivity contribution in [1.29, 1.82) is 0 Å². The van der Waals surface area contributed by atoms with Gasteiger partial charge in [-0.05, 0) is 6.92 Å². The second kappa shape index (κ2) is 5.22. The van der Waals surface area contributed by atoms with Gasteiger partial charge in [0.2, 0.25) is 0 Å². The summed E-state index contributed by atoms with van der Waals surface area (Å²) in [5, 5.41) is 0. The normalized spacial score (nSPS) is 17.7. The zero-order valence-corrected chi connectivity index (χ0v) is 6.93. The molecule has 64 valence electrons. The molecule has 0 aliphatic carbocycles. The molecular formula is C6H9F2O2P. The van der Waals surface area contributed by atoms with Crippen LogP contribution in [0.5, 0.6) is 0 Å². The van der Waals surface area contributed by atoms with Gasteiger partial charge in [0.15, 0.2) is 0 Å². The number of hydrogen-bond acceptors (Lipinski definition) is 2. The number of hydrogen-bond donors (Lipinski definition) is 0. The molecular weight excluding hydrogens is 173 g/mol. The minimum Gasteiger partial charge on any atom is -0.323 e. The first-order valence-corrected chi connectivity index (χ1v) is 4.74. The molecule has 0 saturated carbocycles. The van der Waals surface area contributed by atoms with Crippen molar-refractivity contribution >= 4 is 7.37 Å². The summed E-state index contributed by atoms with van der Waals surface area (Å²) in [4.78, 5) is 0. The van der Waals surface area contributed by atoms with E-state index in [2.05, 4.69) is 4.52 Å². The molecule has 0 radical (unpaired) electrons. The first-order valence-electron chi connectivity index (χ1n) is 2.98. The number of halogens is 2. The molecule has 0 N–H and O–H groups in total. The molecule has 0 aromatic carbocycles. The molecule has 0 aromatic heterocycles. The van der Waals surface area contributed by atoms with Crippen molar-refractivity contribution < 1.29 is 17.9 Å². The maximum absolute atomic E-state index is 11.5. The van der Waals surface area contributed by atoms with Gasteiger partial charge in [-0.1, -0.05) is 0 Å². The van der Waals surface area contributed by atoms with Crippen LogP contribution < -0.4 is 0 Å². The lowest BCUT2D eigenvalue weighted by Gasteiger charge is -2.05. The van der Waals surface area contributed by atoms with Gasteiger partial charge in [-0.2, -0.15) is 0 Å². The Bertz CT molecular complexity index is 185. The fourth-order valence-corrected chi connectivity index (χ4v) is 1.48. The van der Waals surface area contributed by atoms with Crippen LogP contribution in [0.25, 0.3) is 0 Å². The van der Waals surface area contributed by atoms with Crippen molar-refractivity contribution in [3.8, 4) is 0 Å². The fourth-order valence-electron chi connectivity index (χ4n) is 0.495. The highest BCUT2D eigenvalue weighted by atomic mass is 31.2. The second-order valence-corrected chi connectivity index (χ2v) is 3.76. The highest BCUT2D eigenvalue weighted by molar-refractivity contribution is 7.65. The Balaban J connectivity index is 4.39. The first kappa shape index (κ1) is 10.5. The average Bonchev–Trinajstić information content (AvgIpc) is 1.88. The molecule has 5 heteroatoms. The van der Waals surface area contributed by atoms with Gasteiger partial charge < -0.3 is 4.52 Å². The van der Waals surface area contributed by atoms with E-state index in [4.69, 9.17) is 0 Å². The Hall–Kier alpha value is -0.470. The van der Waals surface area contributed by atoms with E-state index in [-0.39, 0.29) is 19.3 Å². The van der Waals surface area contributed by atoms with Crippen molar-refractivity contribution in [1.82, 2.24) is 0 Å². The lowest BCUT2D eigenvalue weighted by molar-refractivity contribution is 0.346. The van der Waals surface area contributed by atoms with Crippen molar-refractivity contribution in [3.63, 3.8) is 0 Å². The Morgan fingerprint density at radius 2 is 1.82 bits per heavy atom. The highest BCUT2D eigenvalue weighted by Gasteiger charge is 2.13. The summed E-state index contributed by atoms with van der Waals surface area (Å²) >= 11 is 0. The predicted molar refractivity (Wildman–Crippen MR) is 39.7 cm³/mol. The van der Waals surface area contributed by atoms with Gasteiger partial charge in [-0.15, -0.1) is 0 Å². The van der Waals surface area contributed by atoms with Crippen LogP contribution in [0.3, 0.4) is 0 Å². The van der Waals surface area contributed by atoms with E-state index in [9.17, 15) is 13.3 Å². The SMILES string of the molecule is CCOP(=O)(C=CF)C=CF. The summed E-state index contributed by atoms with van der Waals surface area (Å²) in [7, 11) is -3.33. The minimum atomic E-state index is -3.33. The van der Waals surface area contributed by atoms with Gasteiger partial charge in [0.1, 0.15) is 0 Å². The molecule has 0 saturated heterocycles. The minimum absolute atomic E-state index is 0.0798. The number of rotatable bonds is 4. The standard InChI is InChI=1S/C6H9F2O2P/c1-2-10-11(9,5-3-7)6-4-8/h3-6H,2H2,1H3. The molecule has 0 aliphatic heterocycles. The third-order valence-electron chi connectivity index (χ3n) is 0.859. The van der Waals surface area contributed by atoms with Crippen LogP contribution in [0.4, 0.5) is 8.78 Å². The van der Waals surface area contributed by atoms with Gasteiger partial charge in [0.05, 0.1) is 19.3 Å². The Kier molecular flexibility index (Phi) is 4.99. The van der Waals surface area contributed by atoms with Crippen molar-refractivity contribution in [2.75, 3.05) is 6.61 Å². The van der Waals surface area contributed by atoms with E-state index in [1.54, 1.807) is 6.92 Å². The topological polar surface area (TPSA) is 26.3 Å². The summed E-state index contributed by atoms with van der Waals surface area (Å²) in [6, 6.07) is 0. The molecule has 0 fully saturated rings. The van der Waals surface area contributed by atoms with Crippen LogP contribution in [-0.2, 0) is 9.09 Å². The third kappa shape index (κ3) is 4.06. The van der Waals surface area contributed by atoms with E-state index in [1.807, 2.05) is 0 Å². The van der Waals surface area contributed by atoms with E-state index in [0.29, 0.717) is 11.6 Å². The van der Waals surface area contributed by atoms with Crippen LogP contribution in [0.2, 0.25) is 0 Å². The van der Waals surface area contributed by atoms with Crippen LogP contribution in [0.15, 0.2) is 24.3 Å². The summed E-state index contributed by atoms with van der Waals surface area (Å²) < 4.78 is 38.8. The first-order chi connectivity index (χ1) is 5.18. The van der Waals surface area contributed by atoms with E-state index in [1.165, 1.54) is 0 Å². The van der Waals surface area contributed by atoms with E-state index >= 15 is 0 Å². The van der Waals surface area contributed by atoms with Crippen LogP contribution in [-0.4, -0.2) is 6.61 Å². The summed E-state index contributed by atoms with van der Waals surface area (Å²) in [6.07, 6.45) is 0.160. The van der Waals surface area contributed by atoms with Gasteiger partial charge in [0.25, 0.3) is 7.37 Å². The lowest BCUT2D eigenvalue weighted by Crippen LogP contribution is -1.82. The summed E-state index contributed by atoms with van der Waals surface area (Å²) in [5.74, 6) is 1.40. The third-order valence-corrected chi connectivity index (χ3v) is 2.58. The van der Waals surface area contributed by atoms with Crippen LogP contribution in [0.1, 0.15) is 6.92 Å². The molecule has 0 amide bonds. The van der Waals surface area contributed by atoms with Crippen molar-refractivity contribution in [2.24, 2.45) is 0 Å². The van der Waals surface area contributed by atoms with Crippen molar-refractivity contribution in [3.05, 3.63) is 24.3 Å². The molecule has 0 unspecified atom stereocenters. The lowest BCUT2D eigenvalue weighted by atomic mass is 10.9. The zero-order valence-electron chi connectivity index (χ0n) is 6.04. The fraction of sp³-hybridized carbons (Fsp3) is 0.333. The molecule has 0 aliphatic rings. The smallest absolute Gasteiger partial charge is 0.251 e. The van der Waals surface area contributed by atoms with Gasteiger partial charge in [-0.25, -0.2) is 8.78 Å². The molecule has 11 heavy (non-hydrogen) atoms. The Labute approximate surface area is 64.0 Å². The quantitative estimate of drug-likeness (QED) is 0.624. The molecule has 0 atom stereocenters. The van der Waals surface area contributed by atoms with Crippen LogP contribution >= 0.6 is 7.37 Å². The van der Waals surface area contributed by atoms with Crippen LogP contribution in [0, 0.1) is 0 Å². The van der Waals surface area contributed by atoms with E-state index < -0.39 is 7.37 Å².